The van der Waals surface area contributed by atoms with E-state index in [4.69, 9.17) is 14.0 Å². The molecule has 3 N–H and O–H groups in total. The van der Waals surface area contributed by atoms with Gasteiger partial charge in [-0.15, -0.1) is 0 Å². The van der Waals surface area contributed by atoms with Crippen molar-refractivity contribution in [2.45, 2.75) is 19.8 Å². The average molecular weight is 621 g/mol. The molecule has 0 heterocycles. The predicted molar refractivity (Wildman–Crippen MR) is 131 cm³/mol. The van der Waals surface area contributed by atoms with Gasteiger partial charge in [-0.05, 0) is 6.42 Å². The van der Waals surface area contributed by atoms with Crippen LogP contribution in [0, 0.1) is 20.2 Å². The van der Waals surface area contributed by atoms with E-state index in [2.05, 4.69) is 25.8 Å². The molecule has 1 aromatic rings. The summed E-state index contributed by atoms with van der Waals surface area (Å²) in [6, 6.07) is 1.48. The smallest absolute Gasteiger partial charge is 0.362 e. The van der Waals surface area contributed by atoms with Crippen LogP contribution in [-0.2, 0) is 23.4 Å². The van der Waals surface area contributed by atoms with E-state index in [0.29, 0.717) is 18.9 Å². The summed E-state index contributed by atoms with van der Waals surface area (Å²) >= 11 is 3.17. The number of benzene rings is 1. The van der Waals surface area contributed by atoms with Crippen LogP contribution >= 0.6 is 23.8 Å². The summed E-state index contributed by atoms with van der Waals surface area (Å²) in [5, 5.41) is 25.6. The van der Waals surface area contributed by atoms with Crippen molar-refractivity contribution in [3.63, 3.8) is 0 Å². The van der Waals surface area contributed by atoms with Crippen LogP contribution in [0.2, 0.25) is 0 Å². The molecular formula is C17H26BrN4O12PS. The first kappa shape index (κ1) is 31.8. The Bertz CT molecular complexity index is 1100. The highest BCUT2D eigenvalue weighted by Gasteiger charge is 2.31. The number of carbonyl (C=O) groups is 1. The highest BCUT2D eigenvalue weighted by molar-refractivity contribution is 9.09. The molecule has 16 nitrogen and oxygen atoms in total. The van der Waals surface area contributed by atoms with Gasteiger partial charge in [0.25, 0.3) is 27.4 Å². The van der Waals surface area contributed by atoms with Crippen molar-refractivity contribution in [1.82, 2.24) is 5.32 Å². The molecule has 0 atom stereocenters. The van der Waals surface area contributed by atoms with Gasteiger partial charge in [0.2, 0.25) is 0 Å². The Morgan fingerprint density at radius 2 is 1.86 bits per heavy atom. The van der Waals surface area contributed by atoms with Gasteiger partial charge >= 0.3 is 7.82 Å². The summed E-state index contributed by atoms with van der Waals surface area (Å²) in [6.45, 7) is 0.139. The molecular weight excluding hydrogens is 595 g/mol. The summed E-state index contributed by atoms with van der Waals surface area (Å²) in [7, 11) is -8.67. The maximum absolute atomic E-state index is 12.8. The number of unbranched alkanes of at least 4 members (excludes halogenated alkanes) is 1. The van der Waals surface area contributed by atoms with Gasteiger partial charge in [0.1, 0.15) is 5.69 Å². The van der Waals surface area contributed by atoms with Gasteiger partial charge in [-0.1, -0.05) is 29.3 Å². The van der Waals surface area contributed by atoms with Crippen molar-refractivity contribution in [2.24, 2.45) is 0 Å². The molecule has 1 rings (SSSR count). The number of phosphoric acid groups is 1. The number of rotatable bonds is 17. The fraction of sp³-hybridized carbons (Fsp3) is 0.588. The molecule has 0 fully saturated rings. The third-order valence-corrected chi connectivity index (χ3v) is 6.60. The Labute approximate surface area is 214 Å². The molecule has 0 aliphatic heterocycles. The quantitative estimate of drug-likeness (QED) is 0.0562. The largest absolute Gasteiger partial charge is 0.469 e. The van der Waals surface area contributed by atoms with Gasteiger partial charge in [0.15, 0.2) is 0 Å². The summed E-state index contributed by atoms with van der Waals surface area (Å²) < 4.78 is 43.9. The Balaban J connectivity index is 3.36. The fourth-order valence-corrected chi connectivity index (χ4v) is 4.72. The van der Waals surface area contributed by atoms with Gasteiger partial charge < -0.3 is 20.0 Å². The molecule has 1 aromatic carbocycles. The number of hydrogen-bond donors (Lipinski definition) is 3. The van der Waals surface area contributed by atoms with E-state index in [1.165, 1.54) is 4.90 Å². The summed E-state index contributed by atoms with van der Waals surface area (Å²) in [5.74, 6) is -1.24. The monoisotopic (exact) mass is 620 g/mol. The molecule has 0 unspecified atom stereocenters. The predicted octanol–water partition coefficient (Wildman–Crippen LogP) is 1.69. The second kappa shape index (κ2) is 14.5. The van der Waals surface area contributed by atoms with E-state index in [0.717, 1.165) is 6.07 Å². The molecule has 0 aliphatic rings. The number of hydrogen-bond acceptors (Lipinski definition) is 11. The number of non-ortho nitro benzene ring substituents is 1. The molecule has 0 bridgehead atoms. The number of alkyl halides is 1. The Hall–Kier alpha value is -2.21. The number of nitro groups is 2. The standard InChI is InChI=1S/C17H26BrN4O12PS/c1-2-3-10-36(31,32)34-9-7-20(6-4-18)16-14(17(23)19-5-8-33-35(28,29)30)11-13(21(24)25)12-15(16)22(26)27/h11-12H,2-10H2,1H3,(H,19,23)(H2,28,29,30). The minimum Gasteiger partial charge on any atom is -0.362 e. The normalized spacial score (nSPS) is 11.8. The lowest BCUT2D eigenvalue weighted by Crippen LogP contribution is -2.34. The van der Waals surface area contributed by atoms with Crippen molar-refractivity contribution in [2.75, 3.05) is 48.8 Å². The number of phosphoric ester groups is 1. The Kier molecular flexibility index (Phi) is 12.8. The van der Waals surface area contributed by atoms with Crippen molar-refractivity contribution < 1.29 is 46.1 Å². The number of nitro benzene ring substituents is 2. The van der Waals surface area contributed by atoms with Gasteiger partial charge in [-0.2, -0.15) is 8.42 Å². The van der Waals surface area contributed by atoms with E-state index >= 15 is 0 Å². The van der Waals surface area contributed by atoms with E-state index in [1.807, 2.05) is 0 Å². The average Bonchev–Trinajstić information content (AvgIpc) is 2.78. The van der Waals surface area contributed by atoms with E-state index in [9.17, 15) is 38.0 Å². The van der Waals surface area contributed by atoms with E-state index in [1.54, 1.807) is 6.92 Å². The second-order valence-electron chi connectivity index (χ2n) is 7.07. The van der Waals surface area contributed by atoms with Crippen molar-refractivity contribution in [3.05, 3.63) is 37.9 Å². The topological polar surface area (TPSA) is 229 Å². The van der Waals surface area contributed by atoms with Crippen LogP contribution in [0.4, 0.5) is 17.1 Å². The van der Waals surface area contributed by atoms with Gasteiger partial charge in [0, 0.05) is 31.0 Å². The SMILES string of the molecule is CCCCS(=O)(=O)OCCN(CCBr)c1c(C(=O)NCCOP(=O)(O)O)cc([N+](=O)[O-])cc1[N+](=O)[O-]. The number of nitrogens with zero attached hydrogens (tertiary/aromatic N) is 3. The number of carbonyl (C=O) groups excluding carboxylic acids is 1. The fourth-order valence-electron chi connectivity index (χ4n) is 2.87. The molecule has 19 heteroatoms. The van der Waals surface area contributed by atoms with Crippen LogP contribution in [0.5, 0.6) is 0 Å². The Morgan fingerprint density at radius 1 is 1.19 bits per heavy atom. The van der Waals surface area contributed by atoms with Crippen molar-refractivity contribution in [1.29, 1.82) is 0 Å². The highest BCUT2D eigenvalue weighted by atomic mass is 79.9. The first-order valence-corrected chi connectivity index (χ1v) is 14.6. The highest BCUT2D eigenvalue weighted by Crippen LogP contribution is 2.37. The summed E-state index contributed by atoms with van der Waals surface area (Å²) in [5.41, 5.74) is -2.34. The molecule has 0 spiro atoms. The molecule has 0 radical (unpaired) electrons. The number of halogens is 1. The van der Waals surface area contributed by atoms with Crippen LogP contribution < -0.4 is 10.2 Å². The van der Waals surface area contributed by atoms with Crippen LogP contribution in [0.3, 0.4) is 0 Å². The number of amides is 1. The zero-order chi connectivity index (χ0) is 27.5. The summed E-state index contributed by atoms with van der Waals surface area (Å²) in [6.07, 6.45) is 0.988. The zero-order valence-electron chi connectivity index (χ0n) is 19.1. The van der Waals surface area contributed by atoms with Crippen LogP contribution in [-0.4, -0.2) is 77.9 Å². The minimum atomic E-state index is -4.81. The first-order valence-electron chi connectivity index (χ1n) is 10.4. The Morgan fingerprint density at radius 3 is 2.39 bits per heavy atom. The van der Waals surface area contributed by atoms with Crippen LogP contribution in [0.25, 0.3) is 0 Å². The van der Waals surface area contributed by atoms with Crippen LogP contribution in [0.15, 0.2) is 12.1 Å². The minimum absolute atomic E-state index is 0.0264. The lowest BCUT2D eigenvalue weighted by molar-refractivity contribution is -0.393. The van der Waals surface area contributed by atoms with Gasteiger partial charge in [-0.3, -0.25) is 33.7 Å². The molecule has 0 aromatic heterocycles. The molecule has 36 heavy (non-hydrogen) atoms. The van der Waals surface area contributed by atoms with Crippen LogP contribution in [0.1, 0.15) is 30.1 Å². The lowest BCUT2D eigenvalue weighted by atomic mass is 10.1. The van der Waals surface area contributed by atoms with Gasteiger partial charge in [0.05, 0.1) is 40.4 Å². The third-order valence-electron chi connectivity index (χ3n) is 4.42. The van der Waals surface area contributed by atoms with Crippen molar-refractivity contribution in [3.8, 4) is 0 Å². The van der Waals surface area contributed by atoms with Gasteiger partial charge in [-0.25, -0.2) is 4.57 Å². The molecule has 0 saturated carbocycles. The molecule has 0 aliphatic carbocycles. The zero-order valence-corrected chi connectivity index (χ0v) is 22.4. The number of anilines is 1. The molecule has 1 amide bonds. The lowest BCUT2D eigenvalue weighted by Gasteiger charge is -2.25. The van der Waals surface area contributed by atoms with E-state index in [-0.39, 0.29) is 29.9 Å². The molecule has 0 saturated heterocycles. The first-order chi connectivity index (χ1) is 16.7. The summed E-state index contributed by atoms with van der Waals surface area (Å²) in [4.78, 5) is 52.8. The van der Waals surface area contributed by atoms with Crippen molar-refractivity contribution >= 4 is 56.8 Å². The molecule has 204 valence electrons. The van der Waals surface area contributed by atoms with E-state index < -0.39 is 70.4 Å². The number of nitrogens with one attached hydrogen (secondary N) is 1. The maximum Gasteiger partial charge on any atom is 0.469 e. The third kappa shape index (κ3) is 10.8. The second-order valence-corrected chi connectivity index (χ2v) is 10.9. The maximum atomic E-state index is 12.8.